The molecule has 0 fully saturated rings. The lowest BCUT2D eigenvalue weighted by atomic mass is 10.2. The van der Waals surface area contributed by atoms with Crippen LogP contribution in [-0.2, 0) is 9.47 Å². The Kier molecular flexibility index (Phi) is 12.0. The summed E-state index contributed by atoms with van der Waals surface area (Å²) < 4.78 is 14.9. The Balaban J connectivity index is 0.000000187. The van der Waals surface area contributed by atoms with Crippen LogP contribution in [0.25, 0.3) is 21.8 Å². The highest BCUT2D eigenvalue weighted by molar-refractivity contribution is 14.1. The van der Waals surface area contributed by atoms with Gasteiger partial charge in [-0.1, -0.05) is 60.4 Å². The standard InChI is InChI=1S/C20H18N2O2.C13H14INO2.C7H5N/c1-20(2,3)24-19(23)22-14-15(17-9-4-5-10-18(17)22)11-12-16-8-6-7-13-21-16;1-13(2,3)17-12(16)15-8-10(14)9-6-4-5-7-11(9)15;1-2-7-5-3-4-6-8-7/h4-10,13-14H,1-3H3;4-8H,1-3H3;1,3-6H. The van der Waals surface area contributed by atoms with Crippen molar-refractivity contribution in [2.24, 2.45) is 0 Å². The van der Waals surface area contributed by atoms with Gasteiger partial charge in [0.25, 0.3) is 0 Å². The number of carbonyl (C=O) groups is 2. The molecule has 4 heterocycles. The smallest absolute Gasteiger partial charge is 0.419 e. The quantitative estimate of drug-likeness (QED) is 0.113. The van der Waals surface area contributed by atoms with Crippen molar-refractivity contribution in [3.8, 4) is 24.2 Å². The lowest BCUT2D eigenvalue weighted by molar-refractivity contribution is 0.0533. The summed E-state index contributed by atoms with van der Waals surface area (Å²) in [4.78, 5) is 32.5. The third-order valence-corrected chi connectivity index (χ3v) is 7.22. The van der Waals surface area contributed by atoms with Gasteiger partial charge in [-0.25, -0.2) is 19.6 Å². The van der Waals surface area contributed by atoms with E-state index in [-0.39, 0.29) is 6.09 Å². The molecular formula is C40H37IN4O4. The Bertz CT molecular complexity index is 2160. The van der Waals surface area contributed by atoms with E-state index in [1.807, 2.05) is 120 Å². The number of pyridine rings is 2. The number of ether oxygens (including phenoxy) is 2. The minimum atomic E-state index is -0.553. The van der Waals surface area contributed by atoms with Gasteiger partial charge in [0.1, 0.15) is 22.6 Å². The maximum absolute atomic E-state index is 12.4. The number of hydrogen-bond acceptors (Lipinski definition) is 6. The van der Waals surface area contributed by atoms with E-state index in [0.717, 1.165) is 30.9 Å². The Morgan fingerprint density at radius 2 is 1.12 bits per heavy atom. The molecule has 0 spiro atoms. The lowest BCUT2D eigenvalue weighted by Gasteiger charge is -2.19. The number of aromatic nitrogens is 4. The van der Waals surface area contributed by atoms with Gasteiger partial charge in [0.2, 0.25) is 0 Å². The Labute approximate surface area is 300 Å². The minimum Gasteiger partial charge on any atom is -0.443 e. The second kappa shape index (κ2) is 16.1. The number of halogens is 1. The number of carbonyl (C=O) groups excluding carboxylic acids is 2. The molecule has 0 saturated carbocycles. The van der Waals surface area contributed by atoms with E-state index >= 15 is 0 Å². The first-order valence-corrected chi connectivity index (χ1v) is 16.5. The van der Waals surface area contributed by atoms with Crippen molar-refractivity contribution in [2.45, 2.75) is 52.7 Å². The number of terminal acetylenes is 1. The molecule has 0 aliphatic heterocycles. The van der Waals surface area contributed by atoms with Crippen LogP contribution >= 0.6 is 22.6 Å². The molecule has 0 aliphatic carbocycles. The molecule has 9 heteroatoms. The van der Waals surface area contributed by atoms with E-state index in [0.29, 0.717) is 11.4 Å². The van der Waals surface area contributed by atoms with Crippen LogP contribution in [0, 0.1) is 27.8 Å². The van der Waals surface area contributed by atoms with E-state index in [2.05, 4.69) is 50.3 Å². The van der Waals surface area contributed by atoms with Crippen molar-refractivity contribution in [3.05, 3.63) is 130 Å². The first-order valence-electron chi connectivity index (χ1n) is 15.4. The summed E-state index contributed by atoms with van der Waals surface area (Å²) >= 11 is 2.22. The Morgan fingerprint density at radius 3 is 1.61 bits per heavy atom. The molecule has 8 nitrogen and oxygen atoms in total. The van der Waals surface area contributed by atoms with Crippen LogP contribution in [0.4, 0.5) is 9.59 Å². The van der Waals surface area contributed by atoms with Crippen molar-refractivity contribution in [1.82, 2.24) is 19.1 Å². The van der Waals surface area contributed by atoms with Crippen molar-refractivity contribution >= 4 is 56.6 Å². The molecule has 6 rings (SSSR count). The van der Waals surface area contributed by atoms with Gasteiger partial charge in [0.15, 0.2) is 0 Å². The molecule has 0 bridgehead atoms. The summed E-state index contributed by atoms with van der Waals surface area (Å²) in [6.45, 7) is 11.1. The number of hydrogen-bond donors (Lipinski definition) is 0. The number of benzene rings is 2. The molecule has 0 unspecified atom stereocenters. The average Bonchev–Trinajstić information content (AvgIpc) is 3.62. The molecule has 0 amide bonds. The molecule has 0 aliphatic rings. The van der Waals surface area contributed by atoms with Crippen molar-refractivity contribution in [3.63, 3.8) is 0 Å². The molecule has 248 valence electrons. The normalized spacial score (nSPS) is 10.7. The van der Waals surface area contributed by atoms with E-state index in [1.165, 1.54) is 4.57 Å². The zero-order valence-corrected chi connectivity index (χ0v) is 30.4. The van der Waals surface area contributed by atoms with E-state index in [9.17, 15) is 9.59 Å². The zero-order valence-electron chi connectivity index (χ0n) is 28.3. The summed E-state index contributed by atoms with van der Waals surface area (Å²) in [7, 11) is 0. The van der Waals surface area contributed by atoms with Crippen LogP contribution in [0.1, 0.15) is 58.5 Å². The molecular weight excluding hydrogens is 727 g/mol. The van der Waals surface area contributed by atoms with Crippen LogP contribution in [0.5, 0.6) is 0 Å². The fourth-order valence-corrected chi connectivity index (χ4v) is 5.09. The predicted octanol–water partition coefficient (Wildman–Crippen LogP) is 9.31. The Morgan fingerprint density at radius 1 is 0.653 bits per heavy atom. The van der Waals surface area contributed by atoms with E-state index in [4.69, 9.17) is 15.9 Å². The molecule has 2 aromatic carbocycles. The third kappa shape index (κ3) is 10.6. The monoisotopic (exact) mass is 764 g/mol. The van der Waals surface area contributed by atoms with Crippen molar-refractivity contribution < 1.29 is 19.1 Å². The van der Waals surface area contributed by atoms with Gasteiger partial charge >= 0.3 is 12.2 Å². The maximum atomic E-state index is 12.4. The second-order valence-corrected chi connectivity index (χ2v) is 13.7. The Hall–Kier alpha value is -5.39. The summed E-state index contributed by atoms with van der Waals surface area (Å²) in [6.07, 6.45) is 11.2. The van der Waals surface area contributed by atoms with Crippen molar-refractivity contribution in [1.29, 1.82) is 0 Å². The minimum absolute atomic E-state index is 0.336. The number of fused-ring (bicyclic) bond motifs is 2. The average molecular weight is 765 g/mol. The van der Waals surface area contributed by atoms with E-state index in [1.54, 1.807) is 35.4 Å². The maximum Gasteiger partial charge on any atom is 0.419 e. The van der Waals surface area contributed by atoms with Crippen LogP contribution < -0.4 is 0 Å². The first kappa shape index (κ1) is 36.4. The fourth-order valence-electron chi connectivity index (χ4n) is 4.36. The SMILES string of the molecule is C#Cc1ccccn1.CC(C)(C)OC(=O)n1cc(C#Cc2ccccn2)c2ccccc21.CC(C)(C)OC(=O)n1cc(I)c2ccccc21. The van der Waals surface area contributed by atoms with Gasteiger partial charge in [-0.05, 0) is 106 Å². The first-order chi connectivity index (χ1) is 23.3. The summed E-state index contributed by atoms with van der Waals surface area (Å²) in [5, 5.41) is 1.98. The fraction of sp³-hybridized carbons (Fsp3) is 0.200. The van der Waals surface area contributed by atoms with Crippen LogP contribution in [0.3, 0.4) is 0 Å². The van der Waals surface area contributed by atoms with Crippen LogP contribution in [-0.4, -0.2) is 42.5 Å². The molecule has 0 saturated heterocycles. The van der Waals surface area contributed by atoms with Gasteiger partial charge in [0, 0.05) is 39.1 Å². The number of rotatable bonds is 0. The largest absolute Gasteiger partial charge is 0.443 e. The zero-order chi connectivity index (χ0) is 35.6. The van der Waals surface area contributed by atoms with Gasteiger partial charge < -0.3 is 9.47 Å². The highest BCUT2D eigenvalue weighted by Crippen LogP contribution is 2.24. The number of para-hydroxylation sites is 2. The molecule has 0 radical (unpaired) electrons. The van der Waals surface area contributed by atoms with Gasteiger partial charge in [-0.15, -0.1) is 6.42 Å². The van der Waals surface area contributed by atoms with E-state index < -0.39 is 17.3 Å². The van der Waals surface area contributed by atoms with Gasteiger partial charge in [0.05, 0.1) is 16.6 Å². The van der Waals surface area contributed by atoms with Gasteiger partial charge in [-0.3, -0.25) is 9.13 Å². The van der Waals surface area contributed by atoms with Crippen molar-refractivity contribution in [2.75, 3.05) is 0 Å². The third-order valence-electron chi connectivity index (χ3n) is 6.36. The highest BCUT2D eigenvalue weighted by atomic mass is 127. The lowest BCUT2D eigenvalue weighted by Crippen LogP contribution is -2.26. The summed E-state index contributed by atoms with van der Waals surface area (Å²) in [6, 6.07) is 26.5. The second-order valence-electron chi connectivity index (χ2n) is 12.6. The summed E-state index contributed by atoms with van der Waals surface area (Å²) in [5.41, 5.74) is 2.76. The number of nitrogens with zero attached hydrogens (tertiary/aromatic N) is 4. The highest BCUT2D eigenvalue weighted by Gasteiger charge is 2.21. The van der Waals surface area contributed by atoms with Crippen LogP contribution in [0.2, 0.25) is 0 Å². The molecule has 49 heavy (non-hydrogen) atoms. The topological polar surface area (TPSA) is 88.2 Å². The summed E-state index contributed by atoms with van der Waals surface area (Å²) in [5.74, 6) is 8.54. The molecule has 4 aromatic heterocycles. The van der Waals surface area contributed by atoms with Gasteiger partial charge in [-0.2, -0.15) is 0 Å². The molecule has 0 atom stereocenters. The molecule has 6 aromatic rings. The predicted molar refractivity (Wildman–Crippen MR) is 202 cm³/mol. The molecule has 0 N–H and O–H groups in total. The van der Waals surface area contributed by atoms with Crippen LogP contribution in [0.15, 0.2) is 110 Å².